The Hall–Kier alpha value is -2.18. The quantitative estimate of drug-likeness (QED) is 0.539. The van der Waals surface area contributed by atoms with Gasteiger partial charge in [-0.15, -0.1) is 11.3 Å². The summed E-state index contributed by atoms with van der Waals surface area (Å²) >= 11 is 4.89. The van der Waals surface area contributed by atoms with Crippen molar-refractivity contribution in [2.24, 2.45) is 0 Å². The van der Waals surface area contributed by atoms with Crippen LogP contribution in [0.4, 0.5) is 15.6 Å². The molecular weight excluding hydrogens is 398 g/mol. The van der Waals surface area contributed by atoms with Crippen LogP contribution in [0.15, 0.2) is 46.9 Å². The molecule has 3 rings (SSSR count). The average Bonchev–Trinajstić information content (AvgIpc) is 2.90. The molecule has 25 heavy (non-hydrogen) atoms. The number of nitrogens with zero attached hydrogens (tertiary/aromatic N) is 1. The fourth-order valence-corrected chi connectivity index (χ4v) is 3.80. The zero-order chi connectivity index (χ0) is 18.0. The Balaban J connectivity index is 1.78. The van der Waals surface area contributed by atoms with Crippen molar-refractivity contribution in [2.75, 3.05) is 10.6 Å². The molecule has 0 radical (unpaired) electrons. The number of aromatic nitrogens is 1. The molecule has 0 unspecified atom stereocenters. The molecule has 6 heteroatoms. The van der Waals surface area contributed by atoms with Gasteiger partial charge in [-0.05, 0) is 54.4 Å². The minimum Gasteiger partial charge on any atom is -0.307 e. The van der Waals surface area contributed by atoms with Crippen molar-refractivity contribution in [3.63, 3.8) is 0 Å². The van der Waals surface area contributed by atoms with E-state index in [0.29, 0.717) is 10.8 Å². The SMILES string of the molecule is Cc1ccc(-c2nc(NC(=O)Nc3ccccc3Br)sc2C)c(C)c1. The van der Waals surface area contributed by atoms with Crippen molar-refractivity contribution in [3.05, 3.63) is 62.9 Å². The first kappa shape index (κ1) is 17.6. The Morgan fingerprint density at radius 3 is 2.56 bits per heavy atom. The van der Waals surface area contributed by atoms with E-state index in [9.17, 15) is 4.79 Å². The Kier molecular flexibility index (Phi) is 5.20. The number of nitrogens with one attached hydrogen (secondary N) is 2. The molecule has 0 bridgehead atoms. The lowest BCUT2D eigenvalue weighted by atomic mass is 10.0. The van der Waals surface area contributed by atoms with E-state index in [1.54, 1.807) is 0 Å². The first-order chi connectivity index (χ1) is 11.9. The summed E-state index contributed by atoms with van der Waals surface area (Å²) in [7, 11) is 0. The van der Waals surface area contributed by atoms with Gasteiger partial charge in [-0.1, -0.05) is 35.9 Å². The molecule has 0 fully saturated rings. The number of amides is 2. The van der Waals surface area contributed by atoms with Crippen LogP contribution in [0.1, 0.15) is 16.0 Å². The number of carbonyl (C=O) groups excluding carboxylic acids is 1. The number of urea groups is 1. The molecule has 4 nitrogen and oxygen atoms in total. The smallest absolute Gasteiger partial charge is 0.307 e. The van der Waals surface area contributed by atoms with Crippen LogP contribution < -0.4 is 10.6 Å². The monoisotopic (exact) mass is 415 g/mol. The summed E-state index contributed by atoms with van der Waals surface area (Å²) in [6.45, 7) is 6.17. The first-order valence-electron chi connectivity index (χ1n) is 7.81. The number of carbonyl (C=O) groups is 1. The molecule has 2 N–H and O–H groups in total. The molecule has 2 amide bonds. The highest BCUT2D eigenvalue weighted by atomic mass is 79.9. The standard InChI is InChI=1S/C19H18BrN3OS/c1-11-8-9-14(12(2)10-11)17-13(3)25-19(22-17)23-18(24)21-16-7-5-4-6-15(16)20/h4-10H,1-3H3,(H2,21,22,23,24). The minimum absolute atomic E-state index is 0.312. The van der Waals surface area contributed by atoms with E-state index in [0.717, 1.165) is 20.6 Å². The third-order valence-corrected chi connectivity index (χ3v) is 5.35. The van der Waals surface area contributed by atoms with Gasteiger partial charge in [0.25, 0.3) is 0 Å². The Labute approximate surface area is 159 Å². The molecule has 128 valence electrons. The highest BCUT2D eigenvalue weighted by molar-refractivity contribution is 9.10. The second-order valence-corrected chi connectivity index (χ2v) is 7.86. The van der Waals surface area contributed by atoms with E-state index >= 15 is 0 Å². The predicted molar refractivity (Wildman–Crippen MR) is 109 cm³/mol. The molecule has 1 aromatic heterocycles. The number of thiazole rings is 1. The maximum atomic E-state index is 12.2. The van der Waals surface area contributed by atoms with E-state index < -0.39 is 0 Å². The minimum atomic E-state index is -0.312. The summed E-state index contributed by atoms with van der Waals surface area (Å²) in [5.74, 6) is 0. The first-order valence-corrected chi connectivity index (χ1v) is 9.42. The van der Waals surface area contributed by atoms with Gasteiger partial charge in [-0.3, -0.25) is 5.32 Å². The van der Waals surface area contributed by atoms with Gasteiger partial charge in [0.1, 0.15) is 0 Å². The number of para-hydroxylation sites is 1. The molecule has 0 aliphatic rings. The molecule has 0 aliphatic heterocycles. The van der Waals surface area contributed by atoms with Gasteiger partial charge in [0.2, 0.25) is 0 Å². The number of benzene rings is 2. The van der Waals surface area contributed by atoms with Crippen LogP contribution >= 0.6 is 27.3 Å². The molecule has 0 atom stereocenters. The Morgan fingerprint density at radius 2 is 1.84 bits per heavy atom. The van der Waals surface area contributed by atoms with Crippen LogP contribution in [-0.4, -0.2) is 11.0 Å². The fourth-order valence-electron chi connectivity index (χ4n) is 2.59. The van der Waals surface area contributed by atoms with Crippen LogP contribution in [-0.2, 0) is 0 Å². The molecule has 0 aliphatic carbocycles. The lowest BCUT2D eigenvalue weighted by molar-refractivity contribution is 0.262. The van der Waals surface area contributed by atoms with Crippen molar-refractivity contribution in [1.82, 2.24) is 4.98 Å². The van der Waals surface area contributed by atoms with Gasteiger partial charge in [-0.2, -0.15) is 0 Å². The van der Waals surface area contributed by atoms with Crippen LogP contribution in [0.2, 0.25) is 0 Å². The molecule has 0 saturated carbocycles. The van der Waals surface area contributed by atoms with Crippen LogP contribution in [0.5, 0.6) is 0 Å². The molecule has 0 spiro atoms. The maximum Gasteiger partial charge on any atom is 0.325 e. The van der Waals surface area contributed by atoms with Crippen molar-refractivity contribution in [2.45, 2.75) is 20.8 Å². The lowest BCUT2D eigenvalue weighted by Crippen LogP contribution is -2.19. The number of halogens is 1. The molecule has 3 aromatic rings. The average molecular weight is 416 g/mol. The second-order valence-electron chi connectivity index (χ2n) is 5.80. The van der Waals surface area contributed by atoms with E-state index in [1.165, 1.54) is 22.5 Å². The molecular formula is C19H18BrN3OS. The zero-order valence-electron chi connectivity index (χ0n) is 14.2. The normalized spacial score (nSPS) is 10.6. The number of aryl methyl sites for hydroxylation is 3. The van der Waals surface area contributed by atoms with Crippen molar-refractivity contribution in [3.8, 4) is 11.3 Å². The number of anilines is 2. The summed E-state index contributed by atoms with van der Waals surface area (Å²) in [5, 5.41) is 6.21. The van der Waals surface area contributed by atoms with Crippen LogP contribution in [0.25, 0.3) is 11.3 Å². The van der Waals surface area contributed by atoms with Gasteiger partial charge in [0.15, 0.2) is 5.13 Å². The summed E-state index contributed by atoms with van der Waals surface area (Å²) < 4.78 is 0.830. The zero-order valence-corrected chi connectivity index (χ0v) is 16.6. The van der Waals surface area contributed by atoms with Crippen molar-refractivity contribution >= 4 is 44.1 Å². The number of hydrogen-bond acceptors (Lipinski definition) is 3. The van der Waals surface area contributed by atoms with E-state index in [-0.39, 0.29) is 6.03 Å². The van der Waals surface area contributed by atoms with Crippen LogP contribution in [0, 0.1) is 20.8 Å². The third-order valence-electron chi connectivity index (χ3n) is 3.78. The molecule has 2 aromatic carbocycles. The fraction of sp³-hybridized carbons (Fsp3) is 0.158. The lowest BCUT2D eigenvalue weighted by Gasteiger charge is -2.07. The third kappa shape index (κ3) is 4.08. The van der Waals surface area contributed by atoms with Gasteiger partial charge in [0.05, 0.1) is 11.4 Å². The van der Waals surface area contributed by atoms with Crippen LogP contribution in [0.3, 0.4) is 0 Å². The van der Waals surface area contributed by atoms with E-state index in [2.05, 4.69) is 63.6 Å². The summed E-state index contributed by atoms with van der Waals surface area (Å²) in [6, 6.07) is 13.5. The highest BCUT2D eigenvalue weighted by Gasteiger charge is 2.14. The molecule has 0 saturated heterocycles. The van der Waals surface area contributed by atoms with Gasteiger partial charge >= 0.3 is 6.03 Å². The number of hydrogen-bond donors (Lipinski definition) is 2. The van der Waals surface area contributed by atoms with Crippen molar-refractivity contribution in [1.29, 1.82) is 0 Å². The Morgan fingerprint density at radius 1 is 1.08 bits per heavy atom. The predicted octanol–water partition coefficient (Wildman–Crippen LogP) is 6.14. The topological polar surface area (TPSA) is 54.0 Å². The summed E-state index contributed by atoms with van der Waals surface area (Å²) in [6.07, 6.45) is 0. The highest BCUT2D eigenvalue weighted by Crippen LogP contribution is 2.32. The van der Waals surface area contributed by atoms with E-state index in [1.807, 2.05) is 31.2 Å². The second kappa shape index (κ2) is 7.37. The Bertz CT molecular complexity index is 936. The van der Waals surface area contributed by atoms with E-state index in [4.69, 9.17) is 0 Å². The number of rotatable bonds is 3. The summed E-state index contributed by atoms with van der Waals surface area (Å²) in [4.78, 5) is 17.9. The van der Waals surface area contributed by atoms with Gasteiger partial charge in [0, 0.05) is 14.9 Å². The maximum absolute atomic E-state index is 12.2. The van der Waals surface area contributed by atoms with Gasteiger partial charge in [-0.25, -0.2) is 9.78 Å². The largest absolute Gasteiger partial charge is 0.325 e. The molecule has 1 heterocycles. The van der Waals surface area contributed by atoms with Crippen molar-refractivity contribution < 1.29 is 4.79 Å². The summed E-state index contributed by atoms with van der Waals surface area (Å²) in [5.41, 5.74) is 5.12. The van der Waals surface area contributed by atoms with Gasteiger partial charge < -0.3 is 5.32 Å².